The number of nitrogens with one attached hydrogen (secondary N) is 1. The minimum absolute atomic E-state index is 0.121. The Balaban J connectivity index is 1.67. The number of carbonyl (C=O) groups is 1. The Kier molecular flexibility index (Phi) is 5.23. The lowest BCUT2D eigenvalue weighted by atomic mass is 10.1. The van der Waals surface area contributed by atoms with Gasteiger partial charge in [0, 0.05) is 23.5 Å². The summed E-state index contributed by atoms with van der Waals surface area (Å²) in [6.45, 7) is 0.704. The summed E-state index contributed by atoms with van der Waals surface area (Å²) < 4.78 is 0. The molecule has 0 unspecified atom stereocenters. The van der Waals surface area contributed by atoms with E-state index in [0.717, 1.165) is 42.7 Å². The van der Waals surface area contributed by atoms with Crippen LogP contribution in [0.25, 0.3) is 0 Å². The number of rotatable bonds is 5. The summed E-state index contributed by atoms with van der Waals surface area (Å²) in [6.07, 6.45) is 4.53. The molecule has 0 bridgehead atoms. The molecule has 2 atom stereocenters. The van der Waals surface area contributed by atoms with Crippen molar-refractivity contribution < 1.29 is 4.79 Å². The Labute approximate surface area is 119 Å². The zero-order chi connectivity index (χ0) is 13.7. The van der Waals surface area contributed by atoms with Crippen molar-refractivity contribution in [2.75, 3.05) is 6.54 Å². The van der Waals surface area contributed by atoms with Gasteiger partial charge >= 0.3 is 0 Å². The summed E-state index contributed by atoms with van der Waals surface area (Å²) in [6, 6.07) is 8.05. The van der Waals surface area contributed by atoms with E-state index in [9.17, 15) is 4.79 Å². The molecule has 4 heteroatoms. The van der Waals surface area contributed by atoms with Crippen molar-refractivity contribution in [3.63, 3.8) is 0 Å². The molecule has 19 heavy (non-hydrogen) atoms. The van der Waals surface area contributed by atoms with E-state index in [1.54, 1.807) is 0 Å². The highest BCUT2D eigenvalue weighted by atomic mass is 35.5. The molecule has 0 aromatic heterocycles. The molecule has 1 aromatic rings. The highest BCUT2D eigenvalue weighted by Gasteiger charge is 2.27. The molecular formula is C15H21ClN2O. The van der Waals surface area contributed by atoms with Gasteiger partial charge in [-0.3, -0.25) is 4.79 Å². The Bertz CT molecular complexity index is 436. The summed E-state index contributed by atoms with van der Waals surface area (Å²) in [5, 5.41) is 3.80. The van der Waals surface area contributed by atoms with Crippen molar-refractivity contribution in [3.05, 3.63) is 34.9 Å². The predicted molar refractivity (Wildman–Crippen MR) is 78.1 cm³/mol. The number of hydrogen-bond acceptors (Lipinski definition) is 2. The van der Waals surface area contributed by atoms with Crippen LogP contribution in [0.2, 0.25) is 5.02 Å². The number of benzene rings is 1. The average molecular weight is 281 g/mol. The van der Waals surface area contributed by atoms with Crippen molar-refractivity contribution in [1.82, 2.24) is 5.32 Å². The normalized spacial score (nSPS) is 22.4. The molecule has 1 amide bonds. The smallest absolute Gasteiger partial charge is 0.223 e. The van der Waals surface area contributed by atoms with E-state index in [-0.39, 0.29) is 17.9 Å². The topological polar surface area (TPSA) is 55.1 Å². The monoisotopic (exact) mass is 280 g/mol. The number of halogens is 1. The van der Waals surface area contributed by atoms with Gasteiger partial charge in [0.25, 0.3) is 0 Å². The first-order valence-electron chi connectivity index (χ1n) is 6.93. The SMILES string of the molecule is N[C@@H]1CC[C@H](C(=O)NCCCc2ccccc2Cl)C1. The fourth-order valence-electron chi connectivity index (χ4n) is 2.59. The minimum Gasteiger partial charge on any atom is -0.356 e. The van der Waals surface area contributed by atoms with Crippen molar-refractivity contribution >= 4 is 17.5 Å². The first-order valence-corrected chi connectivity index (χ1v) is 7.31. The number of amides is 1. The number of carbonyl (C=O) groups excluding carboxylic acids is 1. The van der Waals surface area contributed by atoms with Gasteiger partial charge in [0.1, 0.15) is 0 Å². The van der Waals surface area contributed by atoms with E-state index in [1.807, 2.05) is 24.3 Å². The van der Waals surface area contributed by atoms with E-state index in [0.29, 0.717) is 6.54 Å². The van der Waals surface area contributed by atoms with Crippen LogP contribution in [0.4, 0.5) is 0 Å². The fraction of sp³-hybridized carbons (Fsp3) is 0.533. The summed E-state index contributed by atoms with van der Waals surface area (Å²) >= 11 is 6.08. The van der Waals surface area contributed by atoms with E-state index in [2.05, 4.69) is 5.32 Å². The van der Waals surface area contributed by atoms with Gasteiger partial charge in [-0.2, -0.15) is 0 Å². The number of nitrogens with two attached hydrogens (primary N) is 1. The van der Waals surface area contributed by atoms with Crippen LogP contribution in [0, 0.1) is 5.92 Å². The van der Waals surface area contributed by atoms with Gasteiger partial charge in [0.15, 0.2) is 0 Å². The van der Waals surface area contributed by atoms with Crippen LogP contribution in [0.1, 0.15) is 31.2 Å². The van der Waals surface area contributed by atoms with Crippen LogP contribution < -0.4 is 11.1 Å². The van der Waals surface area contributed by atoms with E-state index in [4.69, 9.17) is 17.3 Å². The van der Waals surface area contributed by atoms with Crippen LogP contribution in [-0.2, 0) is 11.2 Å². The molecule has 0 aliphatic heterocycles. The highest BCUT2D eigenvalue weighted by molar-refractivity contribution is 6.31. The molecule has 0 radical (unpaired) electrons. The lowest BCUT2D eigenvalue weighted by Crippen LogP contribution is -2.31. The highest BCUT2D eigenvalue weighted by Crippen LogP contribution is 2.24. The van der Waals surface area contributed by atoms with Crippen molar-refractivity contribution in [2.24, 2.45) is 11.7 Å². The quantitative estimate of drug-likeness (QED) is 0.815. The zero-order valence-corrected chi connectivity index (χ0v) is 11.8. The molecule has 1 aromatic carbocycles. The maximum atomic E-state index is 11.9. The van der Waals surface area contributed by atoms with Crippen LogP contribution in [0.5, 0.6) is 0 Å². The van der Waals surface area contributed by atoms with Crippen LogP contribution >= 0.6 is 11.6 Å². The Morgan fingerprint density at radius 1 is 1.37 bits per heavy atom. The van der Waals surface area contributed by atoms with Gasteiger partial charge in [0.05, 0.1) is 0 Å². The van der Waals surface area contributed by atoms with Gasteiger partial charge in [-0.05, 0) is 43.7 Å². The second-order valence-electron chi connectivity index (χ2n) is 5.26. The predicted octanol–water partition coefficient (Wildman–Crippen LogP) is 2.52. The van der Waals surface area contributed by atoms with E-state index >= 15 is 0 Å². The van der Waals surface area contributed by atoms with E-state index in [1.165, 1.54) is 0 Å². The van der Waals surface area contributed by atoms with Crippen molar-refractivity contribution in [3.8, 4) is 0 Å². The third-order valence-electron chi connectivity index (χ3n) is 3.72. The summed E-state index contributed by atoms with van der Waals surface area (Å²) in [5.41, 5.74) is 6.96. The fourth-order valence-corrected chi connectivity index (χ4v) is 2.82. The maximum Gasteiger partial charge on any atom is 0.223 e. The molecule has 0 spiro atoms. The molecule has 1 aliphatic rings. The van der Waals surface area contributed by atoms with Gasteiger partial charge in [-0.15, -0.1) is 0 Å². The molecule has 1 aliphatic carbocycles. The first kappa shape index (κ1) is 14.4. The summed E-state index contributed by atoms with van der Waals surface area (Å²) in [4.78, 5) is 11.9. The van der Waals surface area contributed by atoms with E-state index < -0.39 is 0 Å². The molecular weight excluding hydrogens is 260 g/mol. The Morgan fingerprint density at radius 3 is 2.84 bits per heavy atom. The lowest BCUT2D eigenvalue weighted by molar-refractivity contribution is -0.124. The molecule has 104 valence electrons. The lowest BCUT2D eigenvalue weighted by Gasteiger charge is -2.11. The van der Waals surface area contributed by atoms with Gasteiger partial charge in [0.2, 0.25) is 5.91 Å². The Hall–Kier alpha value is -1.06. The second kappa shape index (κ2) is 6.92. The molecule has 0 heterocycles. The van der Waals surface area contributed by atoms with Crippen LogP contribution in [0.3, 0.4) is 0 Å². The second-order valence-corrected chi connectivity index (χ2v) is 5.66. The van der Waals surface area contributed by atoms with Gasteiger partial charge in [-0.1, -0.05) is 29.8 Å². The summed E-state index contributed by atoms with van der Waals surface area (Å²) in [5.74, 6) is 0.280. The molecule has 1 fully saturated rings. The van der Waals surface area contributed by atoms with Crippen molar-refractivity contribution in [2.45, 2.75) is 38.1 Å². The molecule has 3 N–H and O–H groups in total. The number of aryl methyl sites for hydroxylation is 1. The largest absolute Gasteiger partial charge is 0.356 e. The molecule has 0 saturated heterocycles. The maximum absolute atomic E-state index is 11.9. The summed E-state index contributed by atoms with van der Waals surface area (Å²) in [7, 11) is 0. The first-order chi connectivity index (χ1) is 9.16. The minimum atomic E-state index is 0.121. The third kappa shape index (κ3) is 4.22. The van der Waals surface area contributed by atoms with Crippen LogP contribution in [-0.4, -0.2) is 18.5 Å². The number of hydrogen-bond donors (Lipinski definition) is 2. The van der Waals surface area contributed by atoms with Crippen LogP contribution in [0.15, 0.2) is 24.3 Å². The average Bonchev–Trinajstić information content (AvgIpc) is 2.83. The third-order valence-corrected chi connectivity index (χ3v) is 4.09. The zero-order valence-electron chi connectivity index (χ0n) is 11.1. The van der Waals surface area contributed by atoms with Gasteiger partial charge < -0.3 is 11.1 Å². The van der Waals surface area contributed by atoms with Gasteiger partial charge in [-0.25, -0.2) is 0 Å². The van der Waals surface area contributed by atoms with Crippen molar-refractivity contribution in [1.29, 1.82) is 0 Å². The molecule has 1 saturated carbocycles. The standard InChI is InChI=1S/C15H21ClN2O/c16-14-6-2-1-4-11(14)5-3-9-18-15(19)12-7-8-13(17)10-12/h1-2,4,6,12-13H,3,5,7-10,17H2,(H,18,19)/t12-,13+/m0/s1. The molecule has 3 nitrogen and oxygen atoms in total. The molecule has 2 rings (SSSR count). The Morgan fingerprint density at radius 2 is 2.16 bits per heavy atom.